The van der Waals surface area contributed by atoms with E-state index in [0.717, 1.165) is 5.56 Å². The van der Waals surface area contributed by atoms with Crippen molar-refractivity contribution in [2.24, 2.45) is 0 Å². The Labute approximate surface area is 150 Å². The number of benzene rings is 2. The van der Waals surface area contributed by atoms with Gasteiger partial charge in [-0.25, -0.2) is 9.07 Å². The van der Waals surface area contributed by atoms with Gasteiger partial charge in [0, 0.05) is 6.61 Å². The van der Waals surface area contributed by atoms with E-state index in [1.54, 1.807) is 23.7 Å². The first kappa shape index (κ1) is 17.6. The minimum atomic E-state index is -0.334. The highest BCUT2D eigenvalue weighted by Crippen LogP contribution is 2.21. The van der Waals surface area contributed by atoms with E-state index in [-0.39, 0.29) is 19.0 Å². The van der Waals surface area contributed by atoms with Gasteiger partial charge in [-0.3, -0.25) is 0 Å². The fourth-order valence-corrected chi connectivity index (χ4v) is 2.68. The van der Waals surface area contributed by atoms with Crippen molar-refractivity contribution in [3.63, 3.8) is 0 Å². The van der Waals surface area contributed by atoms with Crippen molar-refractivity contribution in [2.75, 3.05) is 6.61 Å². The lowest BCUT2D eigenvalue weighted by atomic mass is 10.1. The van der Waals surface area contributed by atoms with Gasteiger partial charge < -0.3 is 9.84 Å². The number of hydrogen-bond donors (Lipinski definition) is 1. The van der Waals surface area contributed by atoms with Gasteiger partial charge in [0.2, 0.25) is 0 Å². The number of hydrogen-bond acceptors (Lipinski definition) is 4. The predicted octanol–water partition coefficient (Wildman–Crippen LogP) is 3.31. The molecular formula is C20H18FN3O2. The number of rotatable bonds is 6. The highest BCUT2D eigenvalue weighted by atomic mass is 19.1. The van der Waals surface area contributed by atoms with Gasteiger partial charge in [-0.15, -0.1) is 0 Å². The van der Waals surface area contributed by atoms with E-state index >= 15 is 0 Å². The second kappa shape index (κ2) is 7.81. The van der Waals surface area contributed by atoms with Crippen LogP contribution in [0.3, 0.4) is 0 Å². The first-order valence-corrected chi connectivity index (χ1v) is 8.19. The molecule has 3 aromatic rings. The van der Waals surface area contributed by atoms with Crippen LogP contribution in [-0.4, -0.2) is 21.5 Å². The zero-order chi connectivity index (χ0) is 18.5. The van der Waals surface area contributed by atoms with Crippen molar-refractivity contribution < 1.29 is 14.2 Å². The Balaban J connectivity index is 1.86. The Morgan fingerprint density at radius 1 is 1.15 bits per heavy atom. The number of aliphatic hydroxyl groups excluding tert-OH is 1. The fourth-order valence-electron chi connectivity index (χ4n) is 2.68. The molecule has 1 N–H and O–H groups in total. The molecule has 132 valence electrons. The van der Waals surface area contributed by atoms with Gasteiger partial charge >= 0.3 is 0 Å². The summed E-state index contributed by atoms with van der Waals surface area (Å²) in [7, 11) is 0. The molecule has 0 aliphatic rings. The molecule has 0 fully saturated rings. The molecule has 0 unspecified atom stereocenters. The van der Waals surface area contributed by atoms with E-state index in [0.29, 0.717) is 34.8 Å². The van der Waals surface area contributed by atoms with E-state index in [9.17, 15) is 9.65 Å². The standard InChI is InChI=1S/C20H18FN3O2/c1-14-19(12-22)20(24(23-14)17-6-4-16(21)5-7-17)13-26-18-8-2-15(3-9-18)10-11-25/h2-9,25H,10-11,13H2,1H3. The summed E-state index contributed by atoms with van der Waals surface area (Å²) in [4.78, 5) is 0. The molecule has 0 aliphatic carbocycles. The van der Waals surface area contributed by atoms with E-state index in [1.807, 2.05) is 24.3 Å². The van der Waals surface area contributed by atoms with Crippen LogP contribution in [0.1, 0.15) is 22.5 Å². The van der Waals surface area contributed by atoms with Gasteiger partial charge in [-0.1, -0.05) is 12.1 Å². The molecular weight excluding hydrogens is 333 g/mol. The summed E-state index contributed by atoms with van der Waals surface area (Å²) in [6.07, 6.45) is 0.593. The molecule has 0 spiro atoms. The van der Waals surface area contributed by atoms with Crippen molar-refractivity contribution >= 4 is 0 Å². The lowest BCUT2D eigenvalue weighted by Gasteiger charge is -2.10. The summed E-state index contributed by atoms with van der Waals surface area (Å²) in [5, 5.41) is 22.8. The van der Waals surface area contributed by atoms with E-state index in [4.69, 9.17) is 9.84 Å². The number of nitrogens with zero attached hydrogens (tertiary/aromatic N) is 3. The number of halogens is 1. The number of aromatic nitrogens is 2. The molecule has 5 nitrogen and oxygen atoms in total. The highest BCUT2D eigenvalue weighted by molar-refractivity contribution is 5.43. The number of aliphatic hydroxyl groups is 1. The Bertz CT molecular complexity index is 925. The van der Waals surface area contributed by atoms with Crippen LogP contribution in [0.5, 0.6) is 5.75 Å². The maximum absolute atomic E-state index is 13.2. The van der Waals surface area contributed by atoms with Crippen LogP contribution < -0.4 is 4.74 Å². The van der Waals surface area contributed by atoms with Gasteiger partial charge in [0.05, 0.1) is 17.1 Å². The van der Waals surface area contributed by atoms with Crippen LogP contribution in [0.15, 0.2) is 48.5 Å². The minimum absolute atomic E-state index is 0.0991. The van der Waals surface area contributed by atoms with Gasteiger partial charge in [-0.2, -0.15) is 10.4 Å². The predicted molar refractivity (Wildman–Crippen MR) is 94.5 cm³/mol. The molecule has 0 radical (unpaired) electrons. The molecule has 0 atom stereocenters. The van der Waals surface area contributed by atoms with Crippen molar-refractivity contribution in [1.82, 2.24) is 9.78 Å². The lowest BCUT2D eigenvalue weighted by Crippen LogP contribution is -2.07. The van der Waals surface area contributed by atoms with Crippen molar-refractivity contribution in [3.8, 4) is 17.5 Å². The van der Waals surface area contributed by atoms with Crippen LogP contribution in [0.4, 0.5) is 4.39 Å². The smallest absolute Gasteiger partial charge is 0.132 e. The average molecular weight is 351 g/mol. The highest BCUT2D eigenvalue weighted by Gasteiger charge is 2.17. The Morgan fingerprint density at radius 3 is 2.46 bits per heavy atom. The summed E-state index contributed by atoms with van der Waals surface area (Å²) >= 11 is 0. The Hall–Kier alpha value is -3.17. The topological polar surface area (TPSA) is 71.1 Å². The van der Waals surface area contributed by atoms with Crippen LogP contribution >= 0.6 is 0 Å². The summed E-state index contributed by atoms with van der Waals surface area (Å²) < 4.78 is 20.6. The first-order valence-electron chi connectivity index (χ1n) is 8.19. The van der Waals surface area contributed by atoms with Gasteiger partial charge in [0.25, 0.3) is 0 Å². The van der Waals surface area contributed by atoms with E-state index < -0.39 is 0 Å². The van der Waals surface area contributed by atoms with Crippen molar-refractivity contribution in [1.29, 1.82) is 5.26 Å². The third-order valence-electron chi connectivity index (χ3n) is 4.04. The Morgan fingerprint density at radius 2 is 1.85 bits per heavy atom. The zero-order valence-electron chi connectivity index (χ0n) is 14.3. The average Bonchev–Trinajstić information content (AvgIpc) is 2.97. The number of aryl methyl sites for hydroxylation is 1. The third-order valence-corrected chi connectivity index (χ3v) is 4.04. The van der Waals surface area contributed by atoms with Gasteiger partial charge in [-0.05, 0) is 55.3 Å². The van der Waals surface area contributed by atoms with Crippen LogP contribution in [-0.2, 0) is 13.0 Å². The summed E-state index contributed by atoms with van der Waals surface area (Å²) in [5.41, 5.74) is 3.33. The first-order chi connectivity index (χ1) is 12.6. The summed E-state index contributed by atoms with van der Waals surface area (Å²) in [6, 6.07) is 15.5. The summed E-state index contributed by atoms with van der Waals surface area (Å²) in [6.45, 7) is 2.01. The zero-order valence-corrected chi connectivity index (χ0v) is 14.3. The van der Waals surface area contributed by atoms with Crippen molar-refractivity contribution in [2.45, 2.75) is 20.0 Å². The van der Waals surface area contributed by atoms with E-state index in [2.05, 4.69) is 11.2 Å². The Kier molecular flexibility index (Phi) is 5.30. The number of nitriles is 1. The molecule has 0 amide bonds. The lowest BCUT2D eigenvalue weighted by molar-refractivity contribution is 0.295. The largest absolute Gasteiger partial charge is 0.487 e. The number of ether oxygens (including phenoxy) is 1. The van der Waals surface area contributed by atoms with Gasteiger partial charge in [0.1, 0.15) is 29.8 Å². The molecule has 1 heterocycles. The minimum Gasteiger partial charge on any atom is -0.487 e. The van der Waals surface area contributed by atoms with Gasteiger partial charge in [0.15, 0.2) is 0 Å². The third kappa shape index (κ3) is 3.73. The molecule has 0 saturated carbocycles. The van der Waals surface area contributed by atoms with Crippen molar-refractivity contribution in [3.05, 3.63) is 76.9 Å². The molecule has 0 saturated heterocycles. The second-order valence-electron chi connectivity index (χ2n) is 5.81. The monoisotopic (exact) mass is 351 g/mol. The molecule has 0 aliphatic heterocycles. The molecule has 3 rings (SSSR count). The molecule has 2 aromatic carbocycles. The summed E-state index contributed by atoms with van der Waals surface area (Å²) in [5.74, 6) is 0.319. The van der Waals surface area contributed by atoms with Crippen LogP contribution in [0.2, 0.25) is 0 Å². The van der Waals surface area contributed by atoms with Crippen LogP contribution in [0.25, 0.3) is 5.69 Å². The SMILES string of the molecule is Cc1nn(-c2ccc(F)cc2)c(COc2ccc(CCO)cc2)c1C#N. The maximum Gasteiger partial charge on any atom is 0.132 e. The second-order valence-corrected chi connectivity index (χ2v) is 5.81. The molecule has 26 heavy (non-hydrogen) atoms. The molecule has 6 heteroatoms. The van der Waals surface area contributed by atoms with Crippen LogP contribution in [0, 0.1) is 24.1 Å². The molecule has 1 aromatic heterocycles. The normalized spacial score (nSPS) is 10.5. The van der Waals surface area contributed by atoms with E-state index in [1.165, 1.54) is 12.1 Å². The molecule has 0 bridgehead atoms. The maximum atomic E-state index is 13.2. The quantitative estimate of drug-likeness (QED) is 0.740. The fraction of sp³-hybridized carbons (Fsp3) is 0.200.